The second-order valence-corrected chi connectivity index (χ2v) is 12.5. The largest absolute Gasteiger partial charge is 0.327 e. The van der Waals surface area contributed by atoms with Crippen LogP contribution in [0.5, 0.6) is 0 Å². The molecule has 0 aliphatic carbocycles. The Bertz CT molecular complexity index is 2530. The molecule has 0 unspecified atom stereocenters. The number of hydrogen-bond acceptors (Lipinski definition) is 2. The summed E-state index contributed by atoms with van der Waals surface area (Å²) >= 11 is 0. The number of para-hydroxylation sites is 3. The third-order valence-corrected chi connectivity index (χ3v) is 9.52. The third-order valence-electron chi connectivity index (χ3n) is 9.52. The van der Waals surface area contributed by atoms with Crippen molar-refractivity contribution in [2.24, 2.45) is 7.05 Å². The Morgan fingerprint density at radius 1 is 0.460 bits per heavy atom. The van der Waals surface area contributed by atoms with E-state index in [1.165, 1.54) is 16.3 Å². The first-order valence-corrected chi connectivity index (χ1v) is 17.0. The molecule has 9 aromatic rings. The smallest absolute Gasteiger partial charge is 0.140 e. The fourth-order valence-electron chi connectivity index (χ4n) is 7.29. The number of fused-ring (bicyclic) bond motifs is 3. The van der Waals surface area contributed by atoms with E-state index in [1.54, 1.807) is 0 Å². The van der Waals surface area contributed by atoms with Crippen LogP contribution in [0.4, 0.5) is 17.1 Å². The first-order chi connectivity index (χ1) is 24.8. The molecule has 0 fully saturated rings. The molecule has 0 aliphatic heterocycles. The third kappa shape index (κ3) is 4.97. The Morgan fingerprint density at radius 3 is 1.64 bits per heavy atom. The Morgan fingerprint density at radius 2 is 1.00 bits per heavy atom. The van der Waals surface area contributed by atoms with Gasteiger partial charge in [-0.1, -0.05) is 121 Å². The van der Waals surface area contributed by atoms with Crippen LogP contribution < -0.4 is 4.90 Å². The van der Waals surface area contributed by atoms with Gasteiger partial charge in [0, 0.05) is 51.6 Å². The van der Waals surface area contributed by atoms with Gasteiger partial charge >= 0.3 is 0 Å². The maximum Gasteiger partial charge on any atom is 0.140 e. The van der Waals surface area contributed by atoms with Crippen molar-refractivity contribution in [3.8, 4) is 39.6 Å². The summed E-state index contributed by atoms with van der Waals surface area (Å²) in [5.74, 6) is 0.931. The average molecular weight is 643 g/mol. The zero-order chi connectivity index (χ0) is 33.4. The monoisotopic (exact) mass is 642 g/mol. The van der Waals surface area contributed by atoms with E-state index in [4.69, 9.17) is 4.98 Å². The average Bonchev–Trinajstić information content (AvgIpc) is 3.72. The normalized spacial score (nSPS) is 11.3. The van der Waals surface area contributed by atoms with Crippen LogP contribution in [0.1, 0.15) is 0 Å². The molecule has 0 saturated heterocycles. The second-order valence-electron chi connectivity index (χ2n) is 12.5. The van der Waals surface area contributed by atoms with Crippen LogP contribution in [0.3, 0.4) is 0 Å². The van der Waals surface area contributed by atoms with Crippen molar-refractivity contribution in [3.63, 3.8) is 0 Å². The fraction of sp³-hybridized carbons (Fsp3) is 0.0217. The molecular weight excluding hydrogens is 609 g/mol. The molecule has 2 aromatic heterocycles. The topological polar surface area (TPSA) is 26.0 Å². The maximum atomic E-state index is 5.26. The Hall–Kier alpha value is -6.65. The number of hydrogen-bond donors (Lipinski definition) is 0. The van der Waals surface area contributed by atoms with Crippen molar-refractivity contribution in [1.82, 2.24) is 14.1 Å². The van der Waals surface area contributed by atoms with E-state index in [-0.39, 0.29) is 0 Å². The minimum atomic E-state index is 0.931. The number of rotatable bonds is 7. The van der Waals surface area contributed by atoms with Gasteiger partial charge in [0.25, 0.3) is 0 Å². The summed E-state index contributed by atoms with van der Waals surface area (Å²) in [6.45, 7) is 0. The van der Waals surface area contributed by atoms with E-state index in [0.29, 0.717) is 0 Å². The molecule has 4 heteroatoms. The molecule has 238 valence electrons. The molecule has 0 radical (unpaired) electrons. The SMILES string of the molecule is Cn1c(-c2ccc(-n3c4ccccc4c4c(N(c5ccccc5)c5ccccc5)cccc43)cc2)nc(-c2ccccc2)c1-c1ccccc1. The van der Waals surface area contributed by atoms with Crippen LogP contribution in [-0.2, 0) is 7.05 Å². The first-order valence-electron chi connectivity index (χ1n) is 17.0. The molecule has 4 nitrogen and oxygen atoms in total. The molecule has 0 bridgehead atoms. The van der Waals surface area contributed by atoms with Gasteiger partial charge in [-0.2, -0.15) is 0 Å². The van der Waals surface area contributed by atoms with Gasteiger partial charge in [-0.3, -0.25) is 0 Å². The van der Waals surface area contributed by atoms with E-state index in [0.717, 1.165) is 62.2 Å². The molecule has 0 amide bonds. The van der Waals surface area contributed by atoms with Gasteiger partial charge in [0.1, 0.15) is 5.82 Å². The lowest BCUT2D eigenvalue weighted by Crippen LogP contribution is -2.10. The van der Waals surface area contributed by atoms with E-state index in [1.807, 2.05) is 6.07 Å². The molecule has 0 spiro atoms. The minimum absolute atomic E-state index is 0.931. The summed E-state index contributed by atoms with van der Waals surface area (Å²) in [6, 6.07) is 66.4. The molecule has 2 heterocycles. The van der Waals surface area contributed by atoms with Crippen molar-refractivity contribution >= 4 is 38.9 Å². The molecule has 0 saturated carbocycles. The maximum absolute atomic E-state index is 5.26. The van der Waals surface area contributed by atoms with Gasteiger partial charge in [-0.05, 0) is 66.7 Å². The predicted molar refractivity (Wildman–Crippen MR) is 209 cm³/mol. The van der Waals surface area contributed by atoms with Gasteiger partial charge in [0.15, 0.2) is 0 Å². The lowest BCUT2D eigenvalue weighted by Gasteiger charge is -2.26. The summed E-state index contributed by atoms with van der Waals surface area (Å²) < 4.78 is 4.61. The van der Waals surface area contributed by atoms with Crippen LogP contribution in [0.15, 0.2) is 188 Å². The van der Waals surface area contributed by atoms with Crippen LogP contribution in [0, 0.1) is 0 Å². The van der Waals surface area contributed by atoms with Crippen LogP contribution in [-0.4, -0.2) is 14.1 Å². The van der Waals surface area contributed by atoms with E-state index >= 15 is 0 Å². The van der Waals surface area contributed by atoms with Crippen molar-refractivity contribution in [2.75, 3.05) is 4.90 Å². The lowest BCUT2D eigenvalue weighted by molar-refractivity contribution is 0.933. The molecular formula is C46H34N4. The van der Waals surface area contributed by atoms with Gasteiger partial charge < -0.3 is 14.0 Å². The van der Waals surface area contributed by atoms with E-state index in [2.05, 4.69) is 203 Å². The highest BCUT2D eigenvalue weighted by Crippen LogP contribution is 2.44. The molecule has 0 N–H and O–H groups in total. The van der Waals surface area contributed by atoms with Crippen LogP contribution >= 0.6 is 0 Å². The summed E-state index contributed by atoms with van der Waals surface area (Å²) in [7, 11) is 2.12. The van der Waals surface area contributed by atoms with Gasteiger partial charge in [-0.15, -0.1) is 0 Å². The molecule has 0 aliphatic rings. The minimum Gasteiger partial charge on any atom is -0.327 e. The Balaban J connectivity index is 1.20. The first kappa shape index (κ1) is 29.5. The van der Waals surface area contributed by atoms with Gasteiger partial charge in [-0.25, -0.2) is 4.98 Å². The number of aromatic nitrogens is 3. The van der Waals surface area contributed by atoms with Crippen molar-refractivity contribution in [2.45, 2.75) is 0 Å². The number of anilines is 3. The summed E-state index contributed by atoms with van der Waals surface area (Å²) in [4.78, 5) is 7.62. The number of nitrogens with zero attached hydrogens (tertiary/aromatic N) is 4. The second kappa shape index (κ2) is 12.4. The standard InChI is InChI=1S/C46H34N4/c1-48-45(34-19-8-3-9-20-34)44(33-17-6-2-7-18-33)47-46(48)35-29-31-38(32-30-35)50-40-26-15-14-25-39(40)43-41(27-16-28-42(43)50)49(36-21-10-4-11-22-36)37-23-12-5-13-24-37/h2-32H,1H3. The fourth-order valence-corrected chi connectivity index (χ4v) is 7.29. The zero-order valence-corrected chi connectivity index (χ0v) is 27.7. The molecule has 0 atom stereocenters. The highest BCUT2D eigenvalue weighted by Gasteiger charge is 2.22. The Kier molecular flexibility index (Phi) is 7.33. The summed E-state index contributed by atoms with van der Waals surface area (Å²) in [5.41, 5.74) is 12.2. The van der Waals surface area contributed by atoms with Gasteiger partial charge in [0.2, 0.25) is 0 Å². The predicted octanol–water partition coefficient (Wildman–Crippen LogP) is 12.0. The summed E-state index contributed by atoms with van der Waals surface area (Å²) in [6.07, 6.45) is 0. The van der Waals surface area contributed by atoms with Crippen LogP contribution in [0.2, 0.25) is 0 Å². The van der Waals surface area contributed by atoms with Crippen molar-refractivity contribution in [1.29, 1.82) is 0 Å². The zero-order valence-electron chi connectivity index (χ0n) is 27.7. The molecule has 7 aromatic carbocycles. The molecule has 9 rings (SSSR count). The number of imidazole rings is 1. The van der Waals surface area contributed by atoms with Crippen LogP contribution in [0.25, 0.3) is 61.4 Å². The highest BCUT2D eigenvalue weighted by molar-refractivity contribution is 6.16. The lowest BCUT2D eigenvalue weighted by atomic mass is 10.1. The van der Waals surface area contributed by atoms with E-state index in [9.17, 15) is 0 Å². The van der Waals surface area contributed by atoms with Gasteiger partial charge in [0.05, 0.1) is 28.1 Å². The van der Waals surface area contributed by atoms with Crippen molar-refractivity contribution in [3.05, 3.63) is 188 Å². The van der Waals surface area contributed by atoms with Crippen molar-refractivity contribution < 1.29 is 0 Å². The quantitative estimate of drug-likeness (QED) is 0.173. The Labute approximate surface area is 291 Å². The molecule has 50 heavy (non-hydrogen) atoms. The summed E-state index contributed by atoms with van der Waals surface area (Å²) in [5, 5.41) is 2.42. The highest BCUT2D eigenvalue weighted by atomic mass is 15.1. The van der Waals surface area contributed by atoms with E-state index < -0.39 is 0 Å². The number of benzene rings is 7.